The smallest absolute Gasteiger partial charge is 0.240 e. The maximum absolute atomic E-state index is 6.07. The van der Waals surface area contributed by atoms with Crippen LogP contribution in [-0.4, -0.2) is 30.4 Å². The lowest BCUT2D eigenvalue weighted by Gasteiger charge is -2.08. The van der Waals surface area contributed by atoms with Crippen LogP contribution in [0.4, 0.5) is 11.9 Å². The van der Waals surface area contributed by atoms with E-state index in [2.05, 4.69) is 30.4 Å². The van der Waals surface area contributed by atoms with Gasteiger partial charge < -0.3 is 11.5 Å². The first-order chi connectivity index (χ1) is 20.3. The minimum Gasteiger partial charge on any atom is -0.366 e. The summed E-state index contributed by atoms with van der Waals surface area (Å²) in [7, 11) is 0. The van der Waals surface area contributed by atoms with E-state index in [1.165, 1.54) is 0 Å². The van der Waals surface area contributed by atoms with Gasteiger partial charge in [-0.3, -0.25) is 0 Å². The highest BCUT2D eigenvalue weighted by Crippen LogP contribution is 2.34. The zero-order chi connectivity index (χ0) is 29.6. The van der Waals surface area contributed by atoms with Gasteiger partial charge in [-0.05, 0) is 24.3 Å². The summed E-state index contributed by atoms with van der Waals surface area (Å²) in [5, 5.41) is 17.9. The number of rotatable bonds is 4. The van der Waals surface area contributed by atoms with Crippen molar-refractivity contribution in [2.45, 2.75) is 0 Å². The summed E-state index contributed by atoms with van der Waals surface area (Å²) in [5.74, 6) is 0.246. The summed E-state index contributed by atoms with van der Waals surface area (Å²) in [5.41, 5.74) is 17.2. The van der Waals surface area contributed by atoms with Gasteiger partial charge in [-0.15, -0.1) is 20.4 Å². The van der Waals surface area contributed by atoms with Crippen LogP contribution in [0, 0.1) is 0 Å². The van der Waals surface area contributed by atoms with Gasteiger partial charge in [0.05, 0.1) is 20.1 Å². The third-order valence-corrected chi connectivity index (χ3v) is 7.36. The first-order valence-electron chi connectivity index (χ1n) is 12.3. The number of benzene rings is 4. The van der Waals surface area contributed by atoms with Gasteiger partial charge in [0.2, 0.25) is 11.9 Å². The van der Waals surface area contributed by atoms with Gasteiger partial charge in [-0.1, -0.05) is 119 Å². The van der Waals surface area contributed by atoms with Gasteiger partial charge in [-0.25, -0.2) is 9.97 Å². The van der Waals surface area contributed by atoms with Crippen LogP contribution in [0.25, 0.3) is 45.0 Å². The maximum Gasteiger partial charge on any atom is 0.240 e. The van der Waals surface area contributed by atoms with Crippen LogP contribution >= 0.6 is 46.4 Å². The predicted molar refractivity (Wildman–Crippen MR) is 170 cm³/mol. The molecule has 0 aliphatic rings. The third kappa shape index (κ3) is 6.75. The van der Waals surface area contributed by atoms with E-state index in [4.69, 9.17) is 57.9 Å². The van der Waals surface area contributed by atoms with Crippen molar-refractivity contribution in [3.8, 4) is 45.0 Å². The maximum atomic E-state index is 6.07. The summed E-state index contributed by atoms with van der Waals surface area (Å²) in [6.45, 7) is 0. The number of nitrogens with two attached hydrogens (primary N) is 2. The van der Waals surface area contributed by atoms with E-state index in [0.717, 1.165) is 22.3 Å². The van der Waals surface area contributed by atoms with Gasteiger partial charge >= 0.3 is 0 Å². The molecule has 0 saturated heterocycles. The van der Waals surface area contributed by atoms with Crippen molar-refractivity contribution in [2.24, 2.45) is 0 Å². The summed E-state index contributed by atoms with van der Waals surface area (Å²) >= 11 is 24.0. The van der Waals surface area contributed by atoms with E-state index in [1.807, 2.05) is 72.8 Å². The zero-order valence-electron chi connectivity index (χ0n) is 21.6. The van der Waals surface area contributed by atoms with Crippen LogP contribution < -0.4 is 11.5 Å². The Kier molecular flexibility index (Phi) is 9.09. The Morgan fingerprint density at radius 2 is 0.762 bits per heavy atom. The second-order valence-corrected chi connectivity index (χ2v) is 10.4. The molecule has 4 aromatic carbocycles. The normalized spacial score (nSPS) is 10.6. The Balaban J connectivity index is 0.000000168. The van der Waals surface area contributed by atoms with E-state index in [0.29, 0.717) is 42.9 Å². The molecule has 2 heterocycles. The molecule has 4 N–H and O–H groups in total. The molecule has 0 fully saturated rings. The van der Waals surface area contributed by atoms with E-state index in [-0.39, 0.29) is 11.9 Å². The average Bonchev–Trinajstić information content (AvgIpc) is 3.01. The number of aromatic nitrogens is 6. The van der Waals surface area contributed by atoms with E-state index in [9.17, 15) is 0 Å². The van der Waals surface area contributed by atoms with Crippen LogP contribution in [0.3, 0.4) is 0 Å². The van der Waals surface area contributed by atoms with E-state index >= 15 is 0 Å². The van der Waals surface area contributed by atoms with Crippen molar-refractivity contribution in [3.05, 3.63) is 117 Å². The molecule has 0 bridgehead atoms. The molecule has 0 spiro atoms. The molecule has 6 rings (SSSR count). The molecule has 0 unspecified atom stereocenters. The van der Waals surface area contributed by atoms with Crippen molar-refractivity contribution in [1.29, 1.82) is 0 Å². The molecule has 0 atom stereocenters. The highest BCUT2D eigenvalue weighted by Gasteiger charge is 2.15. The first kappa shape index (κ1) is 29.2. The van der Waals surface area contributed by atoms with Gasteiger partial charge in [0, 0.05) is 22.3 Å². The number of nitrogens with zero attached hydrogens (tertiary/aromatic N) is 6. The summed E-state index contributed by atoms with van der Waals surface area (Å²) < 4.78 is 0. The second kappa shape index (κ2) is 13.1. The molecule has 0 aliphatic heterocycles. The molecule has 0 radical (unpaired) electrons. The molecular formula is C30H20Cl4N8. The largest absolute Gasteiger partial charge is 0.366 e. The quantitative estimate of drug-likeness (QED) is 0.199. The molecule has 6 aromatic rings. The number of hydrogen-bond donors (Lipinski definition) is 2. The molecular weight excluding hydrogens is 614 g/mol. The number of nitrogen functional groups attached to an aromatic ring is 2. The number of anilines is 2. The Labute approximate surface area is 261 Å². The van der Waals surface area contributed by atoms with Gasteiger partial charge in [0.1, 0.15) is 22.8 Å². The monoisotopic (exact) mass is 632 g/mol. The second-order valence-electron chi connectivity index (χ2n) is 8.72. The number of hydrogen-bond acceptors (Lipinski definition) is 8. The minimum atomic E-state index is 0.123. The molecule has 0 amide bonds. The standard InChI is InChI=1S/2C15H10Cl2N4/c2*16-11-7-6-10(8-12(11)17)14-13(19-15(18)21-20-14)9-4-2-1-3-5-9/h2*1-8H,(H2,18,19,21). The van der Waals surface area contributed by atoms with Crippen LogP contribution in [-0.2, 0) is 0 Å². The van der Waals surface area contributed by atoms with Gasteiger partial charge in [0.25, 0.3) is 0 Å². The molecule has 12 heteroatoms. The van der Waals surface area contributed by atoms with E-state index in [1.54, 1.807) is 24.3 Å². The molecule has 0 aliphatic carbocycles. The van der Waals surface area contributed by atoms with Crippen molar-refractivity contribution in [2.75, 3.05) is 11.5 Å². The SMILES string of the molecule is Nc1nnc(-c2ccc(Cl)c(Cl)c2)c(-c2ccccc2)n1.Nc1nnc(-c2ccc(Cl)c(Cl)c2)c(-c2ccccc2)n1. The highest BCUT2D eigenvalue weighted by molar-refractivity contribution is 6.42. The zero-order valence-corrected chi connectivity index (χ0v) is 24.6. The van der Waals surface area contributed by atoms with Crippen molar-refractivity contribution < 1.29 is 0 Å². The van der Waals surface area contributed by atoms with E-state index < -0.39 is 0 Å². The van der Waals surface area contributed by atoms with Gasteiger partial charge in [-0.2, -0.15) is 0 Å². The Bertz CT molecular complexity index is 1720. The Morgan fingerprint density at radius 3 is 1.12 bits per heavy atom. The topological polar surface area (TPSA) is 129 Å². The fraction of sp³-hybridized carbons (Fsp3) is 0. The summed E-state index contributed by atoms with van der Waals surface area (Å²) in [6, 6.07) is 29.8. The van der Waals surface area contributed by atoms with Crippen molar-refractivity contribution in [3.63, 3.8) is 0 Å². The summed E-state index contributed by atoms with van der Waals surface area (Å²) in [4.78, 5) is 8.60. The van der Waals surface area contributed by atoms with Crippen LogP contribution in [0.2, 0.25) is 20.1 Å². The fourth-order valence-electron chi connectivity index (χ4n) is 3.95. The minimum absolute atomic E-state index is 0.123. The molecule has 2 aromatic heterocycles. The molecule has 8 nitrogen and oxygen atoms in total. The lowest BCUT2D eigenvalue weighted by atomic mass is 10.0. The van der Waals surface area contributed by atoms with Crippen LogP contribution in [0.15, 0.2) is 97.1 Å². The van der Waals surface area contributed by atoms with Crippen molar-refractivity contribution in [1.82, 2.24) is 30.4 Å². The molecule has 208 valence electrons. The predicted octanol–water partition coefficient (Wildman–Crippen LogP) is 8.19. The fourth-order valence-corrected chi connectivity index (χ4v) is 4.54. The molecule has 42 heavy (non-hydrogen) atoms. The third-order valence-electron chi connectivity index (χ3n) is 5.89. The lowest BCUT2D eigenvalue weighted by Crippen LogP contribution is -2.02. The van der Waals surface area contributed by atoms with Gasteiger partial charge in [0.15, 0.2) is 0 Å². The summed E-state index contributed by atoms with van der Waals surface area (Å²) in [6.07, 6.45) is 0. The number of halogens is 4. The Morgan fingerprint density at radius 1 is 0.381 bits per heavy atom. The highest BCUT2D eigenvalue weighted by atomic mass is 35.5. The van der Waals surface area contributed by atoms with Crippen LogP contribution in [0.1, 0.15) is 0 Å². The first-order valence-corrected chi connectivity index (χ1v) is 13.8. The van der Waals surface area contributed by atoms with Crippen molar-refractivity contribution >= 4 is 58.3 Å². The van der Waals surface area contributed by atoms with Crippen LogP contribution in [0.5, 0.6) is 0 Å². The molecule has 0 saturated carbocycles. The Hall–Kier alpha value is -4.34. The average molecular weight is 634 g/mol. The lowest BCUT2D eigenvalue weighted by molar-refractivity contribution is 0.997.